The van der Waals surface area contributed by atoms with E-state index < -0.39 is 0 Å². The minimum absolute atomic E-state index is 0.0162. The summed E-state index contributed by atoms with van der Waals surface area (Å²) in [6.45, 7) is 2.91. The summed E-state index contributed by atoms with van der Waals surface area (Å²) in [5.41, 5.74) is 0.691. The molecule has 94 valence electrons. The fourth-order valence-electron chi connectivity index (χ4n) is 1.49. The molecule has 0 aliphatic heterocycles. The van der Waals surface area contributed by atoms with Crippen LogP contribution in [0.25, 0.3) is 0 Å². The van der Waals surface area contributed by atoms with Crippen molar-refractivity contribution in [2.24, 2.45) is 0 Å². The summed E-state index contributed by atoms with van der Waals surface area (Å²) >= 11 is 0. The maximum absolute atomic E-state index is 11.6. The Hall–Kier alpha value is -1.51. The van der Waals surface area contributed by atoms with Gasteiger partial charge in [-0.1, -0.05) is 19.8 Å². The first-order chi connectivity index (χ1) is 8.15. The third kappa shape index (κ3) is 4.47. The van der Waals surface area contributed by atoms with Gasteiger partial charge in [0.05, 0.1) is 6.61 Å². The van der Waals surface area contributed by atoms with E-state index in [1.54, 1.807) is 31.1 Å². The Kier molecular flexibility index (Phi) is 5.53. The number of amides is 1. The lowest BCUT2D eigenvalue weighted by atomic mass is 10.2. The van der Waals surface area contributed by atoms with E-state index in [0.29, 0.717) is 5.56 Å². The average Bonchev–Trinajstić information content (AvgIpc) is 2.34. The van der Waals surface area contributed by atoms with Crippen molar-refractivity contribution in [3.8, 4) is 5.75 Å². The van der Waals surface area contributed by atoms with Gasteiger partial charge >= 0.3 is 0 Å². The monoisotopic (exact) mass is 235 g/mol. The molecular weight excluding hydrogens is 214 g/mol. The van der Waals surface area contributed by atoms with Crippen molar-refractivity contribution in [3.63, 3.8) is 0 Å². The first-order valence-corrected chi connectivity index (χ1v) is 6.09. The number of benzene rings is 1. The quantitative estimate of drug-likeness (QED) is 0.709. The molecule has 0 fully saturated rings. The van der Waals surface area contributed by atoms with Crippen LogP contribution in [0.15, 0.2) is 24.3 Å². The van der Waals surface area contributed by atoms with Crippen molar-refractivity contribution in [2.75, 3.05) is 20.7 Å². The molecule has 0 bridgehead atoms. The molecule has 0 aliphatic rings. The zero-order valence-corrected chi connectivity index (χ0v) is 10.9. The second-order valence-electron chi connectivity index (χ2n) is 4.28. The fraction of sp³-hybridized carbons (Fsp3) is 0.500. The summed E-state index contributed by atoms with van der Waals surface area (Å²) in [7, 11) is 3.50. The normalized spacial score (nSPS) is 10.1. The number of carbonyl (C=O) groups excluding carboxylic acids is 1. The summed E-state index contributed by atoms with van der Waals surface area (Å²) in [5.74, 6) is 0.846. The molecule has 0 spiro atoms. The number of hydrogen-bond donors (Lipinski definition) is 0. The summed E-state index contributed by atoms with van der Waals surface area (Å²) in [6.07, 6.45) is 3.46. The van der Waals surface area contributed by atoms with Crippen LogP contribution in [-0.4, -0.2) is 31.5 Å². The van der Waals surface area contributed by atoms with Gasteiger partial charge < -0.3 is 9.64 Å². The molecule has 1 amide bonds. The number of rotatable bonds is 6. The van der Waals surface area contributed by atoms with E-state index in [1.165, 1.54) is 12.8 Å². The lowest BCUT2D eigenvalue weighted by molar-refractivity contribution is 0.0827. The van der Waals surface area contributed by atoms with E-state index in [0.717, 1.165) is 18.8 Å². The molecule has 0 heterocycles. The first-order valence-electron chi connectivity index (χ1n) is 6.09. The fourth-order valence-corrected chi connectivity index (χ4v) is 1.49. The minimum Gasteiger partial charge on any atom is -0.494 e. The van der Waals surface area contributed by atoms with E-state index in [2.05, 4.69) is 6.92 Å². The molecule has 1 aromatic carbocycles. The summed E-state index contributed by atoms with van der Waals surface area (Å²) in [4.78, 5) is 13.2. The third-order valence-electron chi connectivity index (χ3n) is 2.52. The highest BCUT2D eigenvalue weighted by Gasteiger charge is 2.07. The first kappa shape index (κ1) is 13.6. The molecule has 0 N–H and O–H groups in total. The second kappa shape index (κ2) is 6.94. The second-order valence-corrected chi connectivity index (χ2v) is 4.28. The van der Waals surface area contributed by atoms with Crippen molar-refractivity contribution in [1.82, 2.24) is 4.90 Å². The van der Waals surface area contributed by atoms with Gasteiger partial charge in [0, 0.05) is 19.7 Å². The summed E-state index contributed by atoms with van der Waals surface area (Å²) in [5, 5.41) is 0. The number of hydrogen-bond acceptors (Lipinski definition) is 2. The lowest BCUT2D eigenvalue weighted by Gasteiger charge is -2.11. The van der Waals surface area contributed by atoms with E-state index in [4.69, 9.17) is 4.74 Å². The SMILES string of the molecule is CCCCCOc1ccc(C(=O)N(C)C)cc1. The Balaban J connectivity index is 2.47. The van der Waals surface area contributed by atoms with Crippen LogP contribution in [-0.2, 0) is 0 Å². The number of ether oxygens (including phenoxy) is 1. The molecule has 0 saturated carbocycles. The van der Waals surface area contributed by atoms with E-state index in [9.17, 15) is 4.79 Å². The molecule has 0 aliphatic carbocycles. The van der Waals surface area contributed by atoms with Crippen LogP contribution in [0.4, 0.5) is 0 Å². The van der Waals surface area contributed by atoms with Crippen LogP contribution in [0.2, 0.25) is 0 Å². The number of nitrogens with zero attached hydrogens (tertiary/aromatic N) is 1. The van der Waals surface area contributed by atoms with Crippen molar-refractivity contribution < 1.29 is 9.53 Å². The van der Waals surface area contributed by atoms with Gasteiger partial charge in [-0.2, -0.15) is 0 Å². The summed E-state index contributed by atoms with van der Waals surface area (Å²) < 4.78 is 5.58. The highest BCUT2D eigenvalue weighted by molar-refractivity contribution is 5.93. The Labute approximate surface area is 103 Å². The minimum atomic E-state index is 0.0162. The van der Waals surface area contributed by atoms with Gasteiger partial charge in [-0.15, -0.1) is 0 Å². The molecule has 3 heteroatoms. The molecule has 0 radical (unpaired) electrons. The van der Waals surface area contributed by atoms with Gasteiger partial charge in [-0.25, -0.2) is 0 Å². The van der Waals surface area contributed by atoms with E-state index in [1.807, 2.05) is 12.1 Å². The number of unbranched alkanes of at least 4 members (excludes halogenated alkanes) is 2. The van der Waals surface area contributed by atoms with E-state index in [-0.39, 0.29) is 5.91 Å². The van der Waals surface area contributed by atoms with Crippen molar-refractivity contribution >= 4 is 5.91 Å². The molecule has 17 heavy (non-hydrogen) atoms. The van der Waals surface area contributed by atoms with Gasteiger partial charge in [0.15, 0.2) is 0 Å². The Morgan fingerprint density at radius 3 is 2.35 bits per heavy atom. The summed E-state index contributed by atoms with van der Waals surface area (Å²) in [6, 6.07) is 7.31. The van der Waals surface area contributed by atoms with Gasteiger partial charge in [0.1, 0.15) is 5.75 Å². The smallest absolute Gasteiger partial charge is 0.253 e. The van der Waals surface area contributed by atoms with Crippen LogP contribution in [0, 0.1) is 0 Å². The van der Waals surface area contributed by atoms with Crippen LogP contribution in [0.5, 0.6) is 5.75 Å². The van der Waals surface area contributed by atoms with Crippen molar-refractivity contribution in [3.05, 3.63) is 29.8 Å². The highest BCUT2D eigenvalue weighted by atomic mass is 16.5. The van der Waals surface area contributed by atoms with Crippen LogP contribution in [0.3, 0.4) is 0 Å². The standard InChI is InChI=1S/C14H21NO2/c1-4-5-6-11-17-13-9-7-12(8-10-13)14(16)15(2)3/h7-10H,4-6,11H2,1-3H3. The maximum atomic E-state index is 11.6. The Morgan fingerprint density at radius 2 is 1.82 bits per heavy atom. The highest BCUT2D eigenvalue weighted by Crippen LogP contribution is 2.13. The lowest BCUT2D eigenvalue weighted by Crippen LogP contribution is -2.21. The third-order valence-corrected chi connectivity index (χ3v) is 2.52. The molecule has 1 rings (SSSR count). The largest absolute Gasteiger partial charge is 0.494 e. The maximum Gasteiger partial charge on any atom is 0.253 e. The van der Waals surface area contributed by atoms with Gasteiger partial charge in [0.2, 0.25) is 0 Å². The molecule has 0 unspecified atom stereocenters. The zero-order valence-electron chi connectivity index (χ0n) is 10.9. The molecular formula is C14H21NO2. The Morgan fingerprint density at radius 1 is 1.18 bits per heavy atom. The zero-order chi connectivity index (χ0) is 12.7. The molecule has 0 saturated heterocycles. The van der Waals surface area contributed by atoms with Crippen LogP contribution < -0.4 is 4.74 Å². The van der Waals surface area contributed by atoms with Gasteiger partial charge in [-0.05, 0) is 30.7 Å². The van der Waals surface area contributed by atoms with Crippen molar-refractivity contribution in [1.29, 1.82) is 0 Å². The predicted molar refractivity (Wildman–Crippen MR) is 69.5 cm³/mol. The van der Waals surface area contributed by atoms with E-state index >= 15 is 0 Å². The van der Waals surface area contributed by atoms with Gasteiger partial charge in [-0.3, -0.25) is 4.79 Å². The predicted octanol–water partition coefficient (Wildman–Crippen LogP) is 2.96. The molecule has 3 nitrogen and oxygen atoms in total. The Bertz CT molecular complexity index is 344. The molecule has 0 atom stereocenters. The topological polar surface area (TPSA) is 29.5 Å². The van der Waals surface area contributed by atoms with Crippen LogP contribution >= 0.6 is 0 Å². The molecule has 0 aromatic heterocycles. The van der Waals surface area contributed by atoms with Crippen molar-refractivity contribution in [2.45, 2.75) is 26.2 Å². The molecule has 1 aromatic rings. The average molecular weight is 235 g/mol. The number of carbonyl (C=O) groups is 1. The van der Waals surface area contributed by atoms with Crippen LogP contribution in [0.1, 0.15) is 36.5 Å². The van der Waals surface area contributed by atoms with Gasteiger partial charge in [0.25, 0.3) is 5.91 Å².